The highest BCUT2D eigenvalue weighted by molar-refractivity contribution is 7.05. The lowest BCUT2D eigenvalue weighted by Crippen LogP contribution is -2.26. The minimum atomic E-state index is -0.0278. The quantitative estimate of drug-likeness (QED) is 0.412. The molecule has 5 heteroatoms. The first-order valence-electron chi connectivity index (χ1n) is 3.73. The van der Waals surface area contributed by atoms with Gasteiger partial charge in [0, 0.05) is 0 Å². The normalized spacial score (nSPS) is 12.8. The van der Waals surface area contributed by atoms with E-state index < -0.39 is 0 Å². The molecule has 0 aliphatic rings. The van der Waals surface area contributed by atoms with Gasteiger partial charge in [-0.3, -0.25) is 5.84 Å². The van der Waals surface area contributed by atoms with Gasteiger partial charge in [-0.05, 0) is 18.0 Å². The molecule has 0 aliphatic heterocycles. The summed E-state index contributed by atoms with van der Waals surface area (Å²) in [6.45, 7) is 5.71. The van der Waals surface area contributed by atoms with Crippen LogP contribution in [-0.4, -0.2) is 9.59 Å². The van der Waals surface area contributed by atoms with Crippen molar-refractivity contribution in [3.05, 3.63) is 23.2 Å². The van der Waals surface area contributed by atoms with Crippen LogP contribution < -0.4 is 11.3 Å². The van der Waals surface area contributed by atoms with Gasteiger partial charge in [0.15, 0.2) is 0 Å². The van der Waals surface area contributed by atoms with E-state index in [2.05, 4.69) is 21.6 Å². The SMILES string of the molecule is C=CC(NN)c1snnc1CC. The molecule has 0 fully saturated rings. The molecule has 1 rings (SSSR count). The Morgan fingerprint density at radius 1 is 1.83 bits per heavy atom. The number of nitrogens with one attached hydrogen (secondary N) is 1. The van der Waals surface area contributed by atoms with Gasteiger partial charge in [0.05, 0.1) is 16.6 Å². The molecule has 0 amide bonds. The zero-order valence-corrected chi connectivity index (χ0v) is 7.77. The largest absolute Gasteiger partial charge is 0.271 e. The number of nitrogens with zero attached hydrogens (tertiary/aromatic N) is 2. The first kappa shape index (κ1) is 9.31. The van der Waals surface area contributed by atoms with Gasteiger partial charge < -0.3 is 0 Å². The molecule has 0 bridgehead atoms. The zero-order chi connectivity index (χ0) is 8.97. The van der Waals surface area contributed by atoms with Crippen LogP contribution in [0.15, 0.2) is 12.7 Å². The predicted molar refractivity (Wildman–Crippen MR) is 49.5 cm³/mol. The van der Waals surface area contributed by atoms with E-state index in [9.17, 15) is 0 Å². The van der Waals surface area contributed by atoms with E-state index in [4.69, 9.17) is 5.84 Å². The maximum absolute atomic E-state index is 5.33. The van der Waals surface area contributed by atoms with E-state index in [0.717, 1.165) is 17.0 Å². The van der Waals surface area contributed by atoms with Crippen LogP contribution in [0.1, 0.15) is 23.5 Å². The first-order chi connectivity index (χ1) is 5.83. The Balaban J connectivity index is 2.90. The summed E-state index contributed by atoms with van der Waals surface area (Å²) in [6.07, 6.45) is 2.62. The molecule has 3 N–H and O–H groups in total. The number of hydrogen-bond donors (Lipinski definition) is 2. The second-order valence-electron chi connectivity index (χ2n) is 2.32. The van der Waals surface area contributed by atoms with E-state index in [1.54, 1.807) is 6.08 Å². The second kappa shape index (κ2) is 4.30. The smallest absolute Gasteiger partial charge is 0.0804 e. The van der Waals surface area contributed by atoms with Crippen LogP contribution in [0.5, 0.6) is 0 Å². The highest BCUT2D eigenvalue weighted by atomic mass is 32.1. The first-order valence-corrected chi connectivity index (χ1v) is 4.50. The fourth-order valence-electron chi connectivity index (χ4n) is 0.948. The van der Waals surface area contributed by atoms with Crippen molar-refractivity contribution in [3.63, 3.8) is 0 Å². The van der Waals surface area contributed by atoms with Gasteiger partial charge >= 0.3 is 0 Å². The summed E-state index contributed by atoms with van der Waals surface area (Å²) in [4.78, 5) is 1.05. The molecular weight excluding hydrogens is 172 g/mol. The lowest BCUT2D eigenvalue weighted by Gasteiger charge is -2.08. The molecule has 66 valence electrons. The molecule has 0 aliphatic carbocycles. The molecule has 0 radical (unpaired) electrons. The van der Waals surface area contributed by atoms with Crippen molar-refractivity contribution in [2.45, 2.75) is 19.4 Å². The van der Waals surface area contributed by atoms with Crippen LogP contribution in [0, 0.1) is 0 Å². The minimum absolute atomic E-state index is 0.0278. The standard InChI is InChI=1S/C7H12N4S/c1-3-5(9-8)7-6(4-2)10-11-12-7/h3,5,9H,1,4,8H2,2H3. The number of hydrazine groups is 1. The van der Waals surface area contributed by atoms with E-state index in [1.807, 2.05) is 6.92 Å². The molecule has 0 aromatic carbocycles. The van der Waals surface area contributed by atoms with Gasteiger partial charge in [-0.25, -0.2) is 5.43 Å². The number of nitrogens with two attached hydrogens (primary N) is 1. The van der Waals surface area contributed by atoms with Crippen molar-refractivity contribution in [1.82, 2.24) is 15.0 Å². The molecule has 0 saturated heterocycles. The van der Waals surface area contributed by atoms with Crippen molar-refractivity contribution in [2.24, 2.45) is 5.84 Å². The number of rotatable bonds is 4. The molecule has 1 aromatic heterocycles. The summed E-state index contributed by atoms with van der Waals surface area (Å²) >= 11 is 1.36. The molecule has 1 heterocycles. The summed E-state index contributed by atoms with van der Waals surface area (Å²) in [6, 6.07) is -0.0278. The number of aromatic nitrogens is 2. The second-order valence-corrected chi connectivity index (χ2v) is 3.10. The van der Waals surface area contributed by atoms with Crippen molar-refractivity contribution in [2.75, 3.05) is 0 Å². The summed E-state index contributed by atoms with van der Waals surface area (Å²) in [5, 5.41) is 3.98. The zero-order valence-electron chi connectivity index (χ0n) is 6.95. The van der Waals surface area contributed by atoms with Crippen molar-refractivity contribution >= 4 is 11.5 Å². The van der Waals surface area contributed by atoms with Crippen LogP contribution in [0.2, 0.25) is 0 Å². The van der Waals surface area contributed by atoms with Gasteiger partial charge in [0.2, 0.25) is 0 Å². The summed E-state index contributed by atoms with van der Waals surface area (Å²) in [7, 11) is 0. The van der Waals surface area contributed by atoms with Crippen LogP contribution in [0.25, 0.3) is 0 Å². The Morgan fingerprint density at radius 3 is 3.08 bits per heavy atom. The predicted octanol–water partition coefficient (Wildman–Crippen LogP) is 0.791. The Morgan fingerprint density at radius 2 is 2.58 bits per heavy atom. The van der Waals surface area contributed by atoms with Gasteiger partial charge in [0.1, 0.15) is 0 Å². The Labute approximate surface area is 75.6 Å². The monoisotopic (exact) mass is 184 g/mol. The Kier molecular flexibility index (Phi) is 3.33. The maximum atomic E-state index is 5.33. The summed E-state index contributed by atoms with van der Waals surface area (Å²) in [5.41, 5.74) is 3.63. The number of aryl methyl sites for hydroxylation is 1. The van der Waals surface area contributed by atoms with Crippen LogP contribution >= 0.6 is 11.5 Å². The van der Waals surface area contributed by atoms with Crippen molar-refractivity contribution in [3.8, 4) is 0 Å². The van der Waals surface area contributed by atoms with E-state index in [1.165, 1.54) is 11.5 Å². The fraction of sp³-hybridized carbons (Fsp3) is 0.429. The molecule has 0 spiro atoms. The lowest BCUT2D eigenvalue weighted by atomic mass is 10.2. The number of hydrogen-bond acceptors (Lipinski definition) is 5. The molecular formula is C7H12N4S. The molecule has 1 unspecified atom stereocenters. The average molecular weight is 184 g/mol. The van der Waals surface area contributed by atoms with Crippen LogP contribution in [0.4, 0.5) is 0 Å². The Bertz CT molecular complexity index is 258. The maximum Gasteiger partial charge on any atom is 0.0804 e. The van der Waals surface area contributed by atoms with E-state index >= 15 is 0 Å². The highest BCUT2D eigenvalue weighted by Gasteiger charge is 2.13. The van der Waals surface area contributed by atoms with Gasteiger partial charge in [-0.2, -0.15) is 0 Å². The minimum Gasteiger partial charge on any atom is -0.271 e. The molecule has 1 aromatic rings. The van der Waals surface area contributed by atoms with Crippen LogP contribution in [0.3, 0.4) is 0 Å². The third kappa shape index (κ3) is 1.69. The van der Waals surface area contributed by atoms with E-state index in [-0.39, 0.29) is 6.04 Å². The Hall–Kier alpha value is -0.780. The van der Waals surface area contributed by atoms with Gasteiger partial charge in [-0.1, -0.05) is 17.5 Å². The van der Waals surface area contributed by atoms with Crippen LogP contribution in [-0.2, 0) is 6.42 Å². The van der Waals surface area contributed by atoms with Crippen molar-refractivity contribution < 1.29 is 0 Å². The molecule has 0 saturated carbocycles. The third-order valence-electron chi connectivity index (χ3n) is 1.62. The fourth-order valence-corrected chi connectivity index (χ4v) is 1.74. The summed E-state index contributed by atoms with van der Waals surface area (Å²) in [5.74, 6) is 5.33. The van der Waals surface area contributed by atoms with Gasteiger partial charge in [0.25, 0.3) is 0 Å². The topological polar surface area (TPSA) is 63.8 Å². The summed E-state index contributed by atoms with van der Waals surface area (Å²) < 4.78 is 3.86. The third-order valence-corrected chi connectivity index (χ3v) is 2.47. The van der Waals surface area contributed by atoms with Crippen molar-refractivity contribution in [1.29, 1.82) is 0 Å². The lowest BCUT2D eigenvalue weighted by molar-refractivity contribution is 0.658. The van der Waals surface area contributed by atoms with E-state index in [0.29, 0.717) is 0 Å². The molecule has 1 atom stereocenters. The average Bonchev–Trinajstić information content (AvgIpc) is 2.55. The molecule has 4 nitrogen and oxygen atoms in total. The van der Waals surface area contributed by atoms with Gasteiger partial charge in [-0.15, -0.1) is 11.7 Å². The highest BCUT2D eigenvalue weighted by Crippen LogP contribution is 2.20. The molecule has 12 heavy (non-hydrogen) atoms.